The van der Waals surface area contributed by atoms with Gasteiger partial charge in [-0.05, 0) is 47.5 Å². The van der Waals surface area contributed by atoms with Gasteiger partial charge in [0.25, 0.3) is 0 Å². The van der Waals surface area contributed by atoms with E-state index in [1.54, 1.807) is 17.4 Å². The lowest BCUT2D eigenvalue weighted by molar-refractivity contribution is 0.621. The molecule has 0 aliphatic heterocycles. The summed E-state index contributed by atoms with van der Waals surface area (Å²) in [6.07, 6.45) is 0. The summed E-state index contributed by atoms with van der Waals surface area (Å²) in [4.78, 5) is 4.35. The summed E-state index contributed by atoms with van der Waals surface area (Å²) in [7, 11) is 0. The van der Waals surface area contributed by atoms with Crippen molar-refractivity contribution in [1.82, 2.24) is 4.98 Å². The largest absolute Gasteiger partial charge is 0.378 e. The lowest BCUT2D eigenvalue weighted by Crippen LogP contribution is -2.01. The third kappa shape index (κ3) is 3.04. The van der Waals surface area contributed by atoms with Crippen molar-refractivity contribution in [3.05, 3.63) is 44.1 Å². The zero-order chi connectivity index (χ0) is 12.4. The molecule has 0 aliphatic rings. The summed E-state index contributed by atoms with van der Waals surface area (Å²) in [5, 5.41) is 6.21. The first-order chi connectivity index (χ1) is 8.06. The Morgan fingerprint density at radius 1 is 1.41 bits per heavy atom. The maximum Gasteiger partial charge on any atom is 0.139 e. The van der Waals surface area contributed by atoms with Gasteiger partial charge in [-0.25, -0.2) is 9.37 Å². The van der Waals surface area contributed by atoms with Crippen molar-refractivity contribution in [2.45, 2.75) is 20.4 Å². The van der Waals surface area contributed by atoms with E-state index in [1.807, 2.05) is 19.2 Å². The lowest BCUT2D eigenvalue weighted by Gasteiger charge is -2.09. The minimum Gasteiger partial charge on any atom is -0.378 e. The number of thiazole rings is 1. The predicted octanol–water partition coefficient (Wildman–Crippen LogP) is 4.27. The molecule has 0 bridgehead atoms. The molecule has 0 radical (unpaired) electrons. The number of aromatic nitrogens is 1. The van der Waals surface area contributed by atoms with Crippen molar-refractivity contribution in [1.29, 1.82) is 0 Å². The van der Waals surface area contributed by atoms with Crippen LogP contribution in [0.3, 0.4) is 0 Å². The number of hydrogen-bond acceptors (Lipinski definition) is 3. The van der Waals surface area contributed by atoms with Crippen molar-refractivity contribution in [3.8, 4) is 0 Å². The first kappa shape index (κ1) is 12.5. The van der Waals surface area contributed by atoms with Crippen LogP contribution in [0.25, 0.3) is 0 Å². The van der Waals surface area contributed by atoms with Crippen molar-refractivity contribution < 1.29 is 4.39 Å². The van der Waals surface area contributed by atoms with E-state index in [9.17, 15) is 4.39 Å². The Bertz CT molecular complexity index is 539. The van der Waals surface area contributed by atoms with Crippen molar-refractivity contribution in [2.75, 3.05) is 5.32 Å². The molecule has 1 aromatic carbocycles. The maximum atomic E-state index is 13.4. The molecule has 0 saturated heterocycles. The van der Waals surface area contributed by atoms with Gasteiger partial charge in [-0.1, -0.05) is 0 Å². The zero-order valence-electron chi connectivity index (χ0n) is 9.55. The Kier molecular flexibility index (Phi) is 3.79. The number of halogens is 2. The molecule has 0 atom stereocenters. The number of nitrogens with zero attached hydrogens (tertiary/aromatic N) is 1. The van der Waals surface area contributed by atoms with Gasteiger partial charge in [0.1, 0.15) is 10.8 Å². The summed E-state index contributed by atoms with van der Waals surface area (Å²) in [6, 6.07) is 3.27. The SMILES string of the molecule is Cc1csc(CNc2cc(F)c(Br)cc2C)n1. The molecule has 2 aromatic rings. The number of rotatable bonds is 3. The summed E-state index contributed by atoms with van der Waals surface area (Å²) < 4.78 is 13.9. The Morgan fingerprint density at radius 3 is 2.82 bits per heavy atom. The van der Waals surface area contributed by atoms with E-state index in [4.69, 9.17) is 0 Å². The molecule has 1 heterocycles. The number of benzene rings is 1. The highest BCUT2D eigenvalue weighted by Crippen LogP contribution is 2.24. The lowest BCUT2D eigenvalue weighted by atomic mass is 10.2. The molecule has 1 N–H and O–H groups in total. The van der Waals surface area contributed by atoms with Gasteiger partial charge in [0, 0.05) is 16.8 Å². The highest BCUT2D eigenvalue weighted by Gasteiger charge is 2.06. The van der Waals surface area contributed by atoms with E-state index in [1.165, 1.54) is 6.07 Å². The molecule has 5 heteroatoms. The van der Waals surface area contributed by atoms with E-state index in [0.29, 0.717) is 11.0 Å². The van der Waals surface area contributed by atoms with Gasteiger partial charge in [-0.3, -0.25) is 0 Å². The topological polar surface area (TPSA) is 24.9 Å². The van der Waals surface area contributed by atoms with Gasteiger partial charge in [0.2, 0.25) is 0 Å². The van der Waals surface area contributed by atoms with Crippen molar-refractivity contribution in [3.63, 3.8) is 0 Å². The fourth-order valence-corrected chi connectivity index (χ4v) is 2.66. The Balaban J connectivity index is 2.11. The van der Waals surface area contributed by atoms with E-state index in [2.05, 4.69) is 26.2 Å². The zero-order valence-corrected chi connectivity index (χ0v) is 12.0. The Morgan fingerprint density at radius 2 is 2.18 bits per heavy atom. The normalized spacial score (nSPS) is 10.6. The van der Waals surface area contributed by atoms with Gasteiger partial charge in [-0.2, -0.15) is 0 Å². The third-order valence-corrected chi connectivity index (χ3v) is 3.94. The first-order valence-electron chi connectivity index (χ1n) is 5.17. The molecule has 0 spiro atoms. The Hall–Kier alpha value is -0.940. The summed E-state index contributed by atoms with van der Waals surface area (Å²) in [6.45, 7) is 4.53. The average Bonchev–Trinajstić information content (AvgIpc) is 2.68. The number of aryl methyl sites for hydroxylation is 2. The fourth-order valence-electron chi connectivity index (χ4n) is 1.49. The van der Waals surface area contributed by atoms with E-state index in [-0.39, 0.29) is 5.82 Å². The van der Waals surface area contributed by atoms with Crippen molar-refractivity contribution in [2.24, 2.45) is 0 Å². The van der Waals surface area contributed by atoms with Gasteiger partial charge in [0.15, 0.2) is 0 Å². The molecule has 0 amide bonds. The molecule has 0 saturated carbocycles. The van der Waals surface area contributed by atoms with Gasteiger partial charge >= 0.3 is 0 Å². The standard InChI is InChI=1S/C12H12BrFN2S/c1-7-3-9(13)10(14)4-11(7)15-5-12-16-8(2)6-17-12/h3-4,6,15H,5H2,1-2H3. The van der Waals surface area contributed by atoms with Gasteiger partial charge < -0.3 is 5.32 Å². The number of anilines is 1. The molecule has 1 aromatic heterocycles. The molecule has 2 rings (SSSR count). The van der Waals surface area contributed by atoms with Crippen LogP contribution in [0, 0.1) is 19.7 Å². The number of nitrogens with one attached hydrogen (secondary N) is 1. The van der Waals surface area contributed by atoms with Crippen LogP contribution in [0.5, 0.6) is 0 Å². The molecule has 0 unspecified atom stereocenters. The summed E-state index contributed by atoms with van der Waals surface area (Å²) in [5.74, 6) is -0.256. The smallest absolute Gasteiger partial charge is 0.139 e. The van der Waals surface area contributed by atoms with Crippen LogP contribution in [0.1, 0.15) is 16.3 Å². The molecule has 17 heavy (non-hydrogen) atoms. The highest BCUT2D eigenvalue weighted by atomic mass is 79.9. The predicted molar refractivity (Wildman–Crippen MR) is 73.0 cm³/mol. The monoisotopic (exact) mass is 314 g/mol. The van der Waals surface area contributed by atoms with Crippen LogP contribution in [0.2, 0.25) is 0 Å². The van der Waals surface area contributed by atoms with Crippen molar-refractivity contribution >= 4 is 33.0 Å². The minimum absolute atomic E-state index is 0.256. The van der Waals surface area contributed by atoms with Crippen LogP contribution < -0.4 is 5.32 Å². The summed E-state index contributed by atoms with van der Waals surface area (Å²) >= 11 is 4.77. The van der Waals surface area contributed by atoms with Gasteiger partial charge in [-0.15, -0.1) is 11.3 Å². The third-order valence-electron chi connectivity index (χ3n) is 2.36. The molecular weight excluding hydrogens is 303 g/mol. The van der Waals surface area contributed by atoms with Crippen LogP contribution in [0.4, 0.5) is 10.1 Å². The van der Waals surface area contributed by atoms with Crippen LogP contribution in [-0.4, -0.2) is 4.98 Å². The molecule has 0 aliphatic carbocycles. The number of hydrogen-bond donors (Lipinski definition) is 1. The molecular formula is C12H12BrFN2S. The minimum atomic E-state index is -0.256. The fraction of sp³-hybridized carbons (Fsp3) is 0.250. The van der Waals surface area contributed by atoms with E-state index >= 15 is 0 Å². The van der Waals surface area contributed by atoms with Crippen LogP contribution in [-0.2, 0) is 6.54 Å². The summed E-state index contributed by atoms with van der Waals surface area (Å²) in [5.41, 5.74) is 2.83. The quantitative estimate of drug-likeness (QED) is 0.915. The van der Waals surface area contributed by atoms with Gasteiger partial charge in [0.05, 0.1) is 11.0 Å². The second kappa shape index (κ2) is 5.14. The second-order valence-corrected chi connectivity index (χ2v) is 5.61. The maximum absolute atomic E-state index is 13.4. The molecule has 90 valence electrons. The van der Waals surface area contributed by atoms with Crippen LogP contribution in [0.15, 0.2) is 22.0 Å². The average molecular weight is 315 g/mol. The van der Waals surface area contributed by atoms with E-state index < -0.39 is 0 Å². The molecule has 2 nitrogen and oxygen atoms in total. The second-order valence-electron chi connectivity index (χ2n) is 3.82. The van der Waals surface area contributed by atoms with E-state index in [0.717, 1.165) is 22.0 Å². The first-order valence-corrected chi connectivity index (χ1v) is 6.84. The molecule has 0 fully saturated rings. The highest BCUT2D eigenvalue weighted by molar-refractivity contribution is 9.10. The Labute approximate surface area is 112 Å². The van der Waals surface area contributed by atoms with Crippen LogP contribution >= 0.6 is 27.3 Å².